The summed E-state index contributed by atoms with van der Waals surface area (Å²) >= 11 is 0. The first-order chi connectivity index (χ1) is 9.70. The van der Waals surface area contributed by atoms with E-state index in [1.165, 1.54) is 16.7 Å². The average molecular weight is 265 g/mol. The summed E-state index contributed by atoms with van der Waals surface area (Å²) in [5.74, 6) is 1.04. The van der Waals surface area contributed by atoms with Crippen LogP contribution in [0.25, 0.3) is 16.8 Å². The van der Waals surface area contributed by atoms with Gasteiger partial charge in [0.2, 0.25) is 0 Å². The van der Waals surface area contributed by atoms with Gasteiger partial charge in [0.15, 0.2) is 0 Å². The summed E-state index contributed by atoms with van der Waals surface area (Å²) in [4.78, 5) is 4.85. The maximum absolute atomic E-state index is 4.85. The third-order valence-corrected chi connectivity index (χ3v) is 3.60. The fourth-order valence-corrected chi connectivity index (χ4v) is 2.57. The Labute approximate surface area is 119 Å². The highest BCUT2D eigenvalue weighted by Crippen LogP contribution is 2.28. The molecular formula is C17H19N3. The van der Waals surface area contributed by atoms with Gasteiger partial charge in [-0.1, -0.05) is 23.8 Å². The molecule has 0 saturated heterocycles. The molecule has 0 saturated carbocycles. The molecule has 1 N–H and O–H groups in total. The van der Waals surface area contributed by atoms with Crippen molar-refractivity contribution in [3.05, 3.63) is 59.5 Å². The lowest BCUT2D eigenvalue weighted by Crippen LogP contribution is -2.08. The van der Waals surface area contributed by atoms with Crippen LogP contribution in [0.4, 0.5) is 0 Å². The molecule has 0 fully saturated rings. The highest BCUT2D eigenvalue weighted by Gasteiger charge is 2.13. The molecule has 20 heavy (non-hydrogen) atoms. The predicted octanol–water partition coefficient (Wildman–Crippen LogP) is 3.34. The summed E-state index contributed by atoms with van der Waals surface area (Å²) < 4.78 is 2.16. The maximum Gasteiger partial charge on any atom is 0.128 e. The summed E-state index contributed by atoms with van der Waals surface area (Å²) in [6.07, 6.45) is 2.07. The lowest BCUT2D eigenvalue weighted by molar-refractivity contribution is 0.756. The Bertz CT molecular complexity index is 756. The van der Waals surface area contributed by atoms with E-state index in [2.05, 4.69) is 60.1 Å². The van der Waals surface area contributed by atoms with Crippen LogP contribution in [-0.2, 0) is 6.54 Å². The van der Waals surface area contributed by atoms with Crippen molar-refractivity contribution in [2.45, 2.75) is 20.4 Å². The summed E-state index contributed by atoms with van der Waals surface area (Å²) in [6.45, 7) is 5.02. The van der Waals surface area contributed by atoms with E-state index in [9.17, 15) is 0 Å². The number of fused-ring (bicyclic) bond motifs is 1. The molecule has 2 aromatic heterocycles. The van der Waals surface area contributed by atoms with Crippen molar-refractivity contribution >= 4 is 5.52 Å². The van der Waals surface area contributed by atoms with Crippen molar-refractivity contribution in [1.29, 1.82) is 0 Å². The maximum atomic E-state index is 4.85. The molecule has 0 aliphatic heterocycles. The number of nitrogens with one attached hydrogen (secondary N) is 1. The van der Waals surface area contributed by atoms with E-state index in [4.69, 9.17) is 4.98 Å². The standard InChI is InChI=1S/C17H19N3/c1-12-7-8-13(2)14(10-12)17-15-6-4-5-9-20(15)16(19-17)11-18-3/h4-10,18H,11H2,1-3H3. The minimum Gasteiger partial charge on any atom is -0.313 e. The highest BCUT2D eigenvalue weighted by atomic mass is 15.1. The summed E-state index contributed by atoms with van der Waals surface area (Å²) in [6, 6.07) is 12.8. The molecule has 3 nitrogen and oxygen atoms in total. The Morgan fingerprint density at radius 1 is 1.15 bits per heavy atom. The van der Waals surface area contributed by atoms with Gasteiger partial charge >= 0.3 is 0 Å². The number of pyridine rings is 1. The Balaban J connectivity index is 2.28. The summed E-state index contributed by atoms with van der Waals surface area (Å²) in [5.41, 5.74) is 5.97. The second-order valence-corrected chi connectivity index (χ2v) is 5.18. The van der Waals surface area contributed by atoms with Gasteiger partial charge in [-0.25, -0.2) is 4.98 Å². The fraction of sp³-hybridized carbons (Fsp3) is 0.235. The number of imidazole rings is 1. The van der Waals surface area contributed by atoms with E-state index >= 15 is 0 Å². The summed E-state index contributed by atoms with van der Waals surface area (Å²) in [5, 5.41) is 3.18. The first kappa shape index (κ1) is 12.9. The number of hydrogen-bond acceptors (Lipinski definition) is 2. The van der Waals surface area contributed by atoms with Gasteiger partial charge in [-0.15, -0.1) is 0 Å². The molecule has 1 aromatic carbocycles. The van der Waals surface area contributed by atoms with Gasteiger partial charge in [-0.3, -0.25) is 0 Å². The first-order valence-corrected chi connectivity index (χ1v) is 6.89. The molecule has 0 radical (unpaired) electrons. The zero-order valence-corrected chi connectivity index (χ0v) is 12.1. The van der Waals surface area contributed by atoms with Crippen LogP contribution in [0.1, 0.15) is 17.0 Å². The van der Waals surface area contributed by atoms with Crippen LogP contribution in [-0.4, -0.2) is 16.4 Å². The van der Waals surface area contributed by atoms with Gasteiger partial charge in [0.1, 0.15) is 5.82 Å². The van der Waals surface area contributed by atoms with Crippen molar-refractivity contribution in [2.24, 2.45) is 0 Å². The van der Waals surface area contributed by atoms with Crippen LogP contribution < -0.4 is 5.32 Å². The van der Waals surface area contributed by atoms with Gasteiger partial charge in [0.05, 0.1) is 17.8 Å². The second-order valence-electron chi connectivity index (χ2n) is 5.18. The molecule has 0 unspecified atom stereocenters. The Morgan fingerprint density at radius 2 is 2.00 bits per heavy atom. The molecule has 0 amide bonds. The normalized spacial score (nSPS) is 11.2. The van der Waals surface area contributed by atoms with Gasteiger partial charge in [-0.05, 0) is 44.7 Å². The molecule has 3 heteroatoms. The third-order valence-electron chi connectivity index (χ3n) is 3.60. The average Bonchev–Trinajstić information content (AvgIpc) is 2.81. The molecule has 3 aromatic rings. The van der Waals surface area contributed by atoms with E-state index in [1.54, 1.807) is 0 Å². The molecule has 102 valence electrons. The van der Waals surface area contributed by atoms with Gasteiger partial charge in [-0.2, -0.15) is 0 Å². The molecule has 3 rings (SSSR count). The van der Waals surface area contributed by atoms with Crippen LogP contribution in [0.2, 0.25) is 0 Å². The van der Waals surface area contributed by atoms with Crippen LogP contribution in [0, 0.1) is 13.8 Å². The monoisotopic (exact) mass is 265 g/mol. The quantitative estimate of drug-likeness (QED) is 0.787. The number of nitrogens with zero attached hydrogens (tertiary/aromatic N) is 2. The van der Waals surface area contributed by atoms with Gasteiger partial charge in [0.25, 0.3) is 0 Å². The van der Waals surface area contributed by atoms with Crippen molar-refractivity contribution in [3.8, 4) is 11.3 Å². The third kappa shape index (κ3) is 2.10. The number of aryl methyl sites for hydroxylation is 2. The van der Waals surface area contributed by atoms with Crippen LogP contribution in [0.5, 0.6) is 0 Å². The minimum atomic E-state index is 0.760. The lowest BCUT2D eigenvalue weighted by Gasteiger charge is -2.05. The number of rotatable bonds is 3. The Kier molecular flexibility index (Phi) is 3.28. The van der Waals surface area contributed by atoms with Crippen molar-refractivity contribution < 1.29 is 0 Å². The molecule has 0 atom stereocenters. The van der Waals surface area contributed by atoms with Crippen LogP contribution >= 0.6 is 0 Å². The lowest BCUT2D eigenvalue weighted by atomic mass is 10.0. The molecule has 0 spiro atoms. The van der Waals surface area contributed by atoms with Crippen molar-refractivity contribution in [3.63, 3.8) is 0 Å². The smallest absolute Gasteiger partial charge is 0.128 e. The second kappa shape index (κ2) is 5.10. The van der Waals surface area contributed by atoms with Gasteiger partial charge in [0, 0.05) is 11.8 Å². The van der Waals surface area contributed by atoms with Crippen molar-refractivity contribution in [1.82, 2.24) is 14.7 Å². The first-order valence-electron chi connectivity index (χ1n) is 6.89. The van der Waals surface area contributed by atoms with Crippen LogP contribution in [0.15, 0.2) is 42.6 Å². The van der Waals surface area contributed by atoms with E-state index in [1.807, 2.05) is 13.1 Å². The largest absolute Gasteiger partial charge is 0.313 e. The highest BCUT2D eigenvalue weighted by molar-refractivity contribution is 5.80. The molecule has 0 aliphatic rings. The molecule has 0 aliphatic carbocycles. The van der Waals surface area contributed by atoms with Gasteiger partial charge < -0.3 is 9.72 Å². The van der Waals surface area contributed by atoms with Crippen LogP contribution in [0.3, 0.4) is 0 Å². The van der Waals surface area contributed by atoms with E-state index in [-0.39, 0.29) is 0 Å². The van der Waals surface area contributed by atoms with E-state index in [0.717, 1.165) is 23.6 Å². The number of hydrogen-bond donors (Lipinski definition) is 1. The predicted molar refractivity (Wildman–Crippen MR) is 82.9 cm³/mol. The Hall–Kier alpha value is -2.13. The summed E-state index contributed by atoms with van der Waals surface area (Å²) in [7, 11) is 1.95. The fourth-order valence-electron chi connectivity index (χ4n) is 2.57. The minimum absolute atomic E-state index is 0.760. The molecule has 0 bridgehead atoms. The van der Waals surface area contributed by atoms with E-state index < -0.39 is 0 Å². The SMILES string of the molecule is CNCc1nc(-c2cc(C)ccc2C)c2ccccn12. The van der Waals surface area contributed by atoms with Crippen molar-refractivity contribution in [2.75, 3.05) is 7.05 Å². The number of benzene rings is 1. The molecular weight excluding hydrogens is 246 g/mol. The topological polar surface area (TPSA) is 29.3 Å². The number of aromatic nitrogens is 2. The zero-order valence-electron chi connectivity index (χ0n) is 12.1. The zero-order chi connectivity index (χ0) is 14.1. The van der Waals surface area contributed by atoms with E-state index in [0.29, 0.717) is 0 Å². The Morgan fingerprint density at radius 3 is 2.80 bits per heavy atom. The molecule has 2 heterocycles.